The molecule has 0 heterocycles. The maximum absolute atomic E-state index is 11.9. The summed E-state index contributed by atoms with van der Waals surface area (Å²) in [5.74, 6) is -0.185. The molecule has 0 aromatic carbocycles. The lowest BCUT2D eigenvalue weighted by Gasteiger charge is -2.29. The number of carbonyl (C=O) groups excluding carboxylic acids is 1. The molecule has 2 unspecified atom stereocenters. The van der Waals surface area contributed by atoms with Gasteiger partial charge >= 0.3 is 5.97 Å². The van der Waals surface area contributed by atoms with E-state index in [-0.39, 0.29) is 24.8 Å². The molecular formula is C14H25NO3. The van der Waals surface area contributed by atoms with Crippen LogP contribution in [-0.2, 0) is 9.59 Å². The number of hydrogen-bond acceptors (Lipinski definition) is 2. The van der Waals surface area contributed by atoms with Crippen molar-refractivity contribution in [2.45, 2.75) is 65.3 Å². The first-order chi connectivity index (χ1) is 8.28. The Kier molecular flexibility index (Phi) is 5.17. The van der Waals surface area contributed by atoms with E-state index in [0.717, 1.165) is 12.8 Å². The van der Waals surface area contributed by atoms with E-state index in [2.05, 4.69) is 12.2 Å². The van der Waals surface area contributed by atoms with E-state index in [4.69, 9.17) is 5.11 Å². The Bertz CT molecular complexity index is 312. The molecule has 18 heavy (non-hydrogen) atoms. The topological polar surface area (TPSA) is 66.4 Å². The summed E-state index contributed by atoms with van der Waals surface area (Å²) in [5, 5.41) is 11.8. The zero-order chi connectivity index (χ0) is 13.8. The summed E-state index contributed by atoms with van der Waals surface area (Å²) in [5.41, 5.74) is -0.476. The molecule has 1 saturated carbocycles. The average molecular weight is 255 g/mol. The molecule has 1 rings (SSSR count). The Morgan fingerprint density at radius 1 is 1.28 bits per heavy atom. The van der Waals surface area contributed by atoms with Gasteiger partial charge in [-0.25, -0.2) is 0 Å². The van der Waals surface area contributed by atoms with Gasteiger partial charge in [-0.05, 0) is 24.2 Å². The highest BCUT2D eigenvalue weighted by Crippen LogP contribution is 2.26. The van der Waals surface area contributed by atoms with Crippen LogP contribution >= 0.6 is 0 Å². The van der Waals surface area contributed by atoms with E-state index < -0.39 is 11.4 Å². The third-order valence-electron chi connectivity index (χ3n) is 3.57. The fourth-order valence-electron chi connectivity index (χ4n) is 2.75. The molecule has 2 atom stereocenters. The smallest absolute Gasteiger partial charge is 0.303 e. The molecule has 104 valence electrons. The molecule has 0 saturated heterocycles. The highest BCUT2D eigenvalue weighted by Gasteiger charge is 2.27. The molecule has 4 nitrogen and oxygen atoms in total. The summed E-state index contributed by atoms with van der Waals surface area (Å²) >= 11 is 0. The summed E-state index contributed by atoms with van der Waals surface area (Å²) in [6, 6.07) is 0.280. The Morgan fingerprint density at radius 2 is 1.94 bits per heavy atom. The van der Waals surface area contributed by atoms with Crippen molar-refractivity contribution in [3.8, 4) is 0 Å². The van der Waals surface area contributed by atoms with Crippen LogP contribution in [0.4, 0.5) is 0 Å². The van der Waals surface area contributed by atoms with Crippen molar-refractivity contribution in [3.63, 3.8) is 0 Å². The van der Waals surface area contributed by atoms with Crippen molar-refractivity contribution >= 4 is 11.9 Å². The quantitative estimate of drug-likeness (QED) is 0.793. The summed E-state index contributed by atoms with van der Waals surface area (Å²) in [6.07, 6.45) is 4.83. The molecule has 0 radical (unpaired) electrons. The minimum atomic E-state index is -0.848. The lowest BCUT2D eigenvalue weighted by molar-refractivity contribution is -0.139. The highest BCUT2D eigenvalue weighted by molar-refractivity contribution is 5.78. The first-order valence-electron chi connectivity index (χ1n) is 6.80. The van der Waals surface area contributed by atoms with Crippen molar-refractivity contribution in [2.75, 3.05) is 0 Å². The second kappa shape index (κ2) is 6.21. The zero-order valence-corrected chi connectivity index (χ0v) is 11.7. The Balaban J connectivity index is 2.38. The first kappa shape index (κ1) is 15.0. The van der Waals surface area contributed by atoms with Gasteiger partial charge in [0.05, 0.1) is 6.42 Å². The number of carbonyl (C=O) groups is 2. The highest BCUT2D eigenvalue weighted by atomic mass is 16.4. The molecule has 0 spiro atoms. The summed E-state index contributed by atoms with van der Waals surface area (Å²) < 4.78 is 0. The summed E-state index contributed by atoms with van der Waals surface area (Å²) in [4.78, 5) is 22.6. The van der Waals surface area contributed by atoms with Crippen LogP contribution in [0.25, 0.3) is 0 Å². The third-order valence-corrected chi connectivity index (χ3v) is 3.57. The van der Waals surface area contributed by atoms with Crippen LogP contribution in [0.15, 0.2) is 0 Å². The molecule has 2 N–H and O–H groups in total. The monoisotopic (exact) mass is 255 g/mol. The minimum Gasteiger partial charge on any atom is -0.481 e. The number of rotatable bonds is 5. The molecule has 1 aliphatic carbocycles. The van der Waals surface area contributed by atoms with Crippen LogP contribution in [0.2, 0.25) is 0 Å². The van der Waals surface area contributed by atoms with E-state index in [0.29, 0.717) is 5.92 Å². The van der Waals surface area contributed by atoms with E-state index in [9.17, 15) is 9.59 Å². The fourth-order valence-corrected chi connectivity index (χ4v) is 2.75. The van der Waals surface area contributed by atoms with Crippen LogP contribution in [0.5, 0.6) is 0 Å². The van der Waals surface area contributed by atoms with Crippen LogP contribution in [-0.4, -0.2) is 23.0 Å². The molecule has 0 aliphatic heterocycles. The molecule has 4 heteroatoms. The van der Waals surface area contributed by atoms with Gasteiger partial charge in [-0.1, -0.05) is 33.6 Å². The molecular weight excluding hydrogens is 230 g/mol. The lowest BCUT2D eigenvalue weighted by Crippen LogP contribution is -2.40. The van der Waals surface area contributed by atoms with Crippen LogP contribution < -0.4 is 5.32 Å². The fraction of sp³-hybridized carbons (Fsp3) is 0.857. The maximum Gasteiger partial charge on any atom is 0.303 e. The molecule has 1 amide bonds. The standard InChI is InChI=1S/C14H25NO3/c1-10-5-4-6-11(7-10)15-12(16)8-14(2,3)9-13(17)18/h10-11H,4-9H2,1-3H3,(H,15,16)(H,17,18). The van der Waals surface area contributed by atoms with E-state index in [1.165, 1.54) is 12.8 Å². The predicted molar refractivity (Wildman–Crippen MR) is 70.2 cm³/mol. The van der Waals surface area contributed by atoms with Crippen molar-refractivity contribution in [1.82, 2.24) is 5.32 Å². The first-order valence-corrected chi connectivity index (χ1v) is 6.80. The van der Waals surface area contributed by atoms with Crippen molar-refractivity contribution in [1.29, 1.82) is 0 Å². The second-order valence-electron chi connectivity index (χ2n) is 6.45. The van der Waals surface area contributed by atoms with Gasteiger partial charge in [0.2, 0.25) is 5.91 Å². The SMILES string of the molecule is CC1CCCC(NC(=O)CC(C)(C)CC(=O)O)C1. The van der Waals surface area contributed by atoms with Gasteiger partial charge < -0.3 is 10.4 Å². The van der Waals surface area contributed by atoms with E-state index >= 15 is 0 Å². The number of carboxylic acids is 1. The second-order valence-corrected chi connectivity index (χ2v) is 6.45. The lowest BCUT2D eigenvalue weighted by atomic mass is 9.84. The average Bonchev–Trinajstić information content (AvgIpc) is 2.13. The molecule has 0 bridgehead atoms. The summed E-state index contributed by atoms with van der Waals surface area (Å²) in [7, 11) is 0. The zero-order valence-electron chi connectivity index (χ0n) is 11.7. The van der Waals surface area contributed by atoms with E-state index in [1.807, 2.05) is 13.8 Å². The summed E-state index contributed by atoms with van der Waals surface area (Å²) in [6.45, 7) is 5.86. The Hall–Kier alpha value is -1.06. The minimum absolute atomic E-state index is 0.0136. The van der Waals surface area contributed by atoms with Gasteiger partial charge in [0, 0.05) is 12.5 Å². The number of nitrogens with one attached hydrogen (secondary N) is 1. The number of hydrogen-bond donors (Lipinski definition) is 2. The van der Waals surface area contributed by atoms with Gasteiger partial charge in [-0.15, -0.1) is 0 Å². The molecule has 1 aliphatic rings. The van der Waals surface area contributed by atoms with Crippen LogP contribution in [0, 0.1) is 11.3 Å². The van der Waals surface area contributed by atoms with Crippen molar-refractivity contribution < 1.29 is 14.7 Å². The van der Waals surface area contributed by atoms with Crippen molar-refractivity contribution in [2.24, 2.45) is 11.3 Å². The van der Waals surface area contributed by atoms with Crippen molar-refractivity contribution in [3.05, 3.63) is 0 Å². The van der Waals surface area contributed by atoms with Gasteiger partial charge in [0.1, 0.15) is 0 Å². The molecule has 1 fully saturated rings. The van der Waals surface area contributed by atoms with Gasteiger partial charge in [-0.3, -0.25) is 9.59 Å². The Labute approximate surface area is 109 Å². The normalized spacial score (nSPS) is 24.6. The predicted octanol–water partition coefficient (Wildman–Crippen LogP) is 2.57. The van der Waals surface area contributed by atoms with Crippen LogP contribution in [0.3, 0.4) is 0 Å². The molecule has 0 aromatic heterocycles. The maximum atomic E-state index is 11.9. The number of carboxylic acid groups (broad SMARTS) is 1. The Morgan fingerprint density at radius 3 is 2.50 bits per heavy atom. The largest absolute Gasteiger partial charge is 0.481 e. The third kappa shape index (κ3) is 5.52. The van der Waals surface area contributed by atoms with Gasteiger partial charge in [0.15, 0.2) is 0 Å². The number of amides is 1. The van der Waals surface area contributed by atoms with E-state index in [1.54, 1.807) is 0 Å². The van der Waals surface area contributed by atoms with Gasteiger partial charge in [0.25, 0.3) is 0 Å². The molecule has 0 aromatic rings. The van der Waals surface area contributed by atoms with Crippen LogP contribution in [0.1, 0.15) is 59.3 Å². The number of aliphatic carboxylic acids is 1. The van der Waals surface area contributed by atoms with Gasteiger partial charge in [-0.2, -0.15) is 0 Å².